The lowest BCUT2D eigenvalue weighted by atomic mass is 9.64. The van der Waals surface area contributed by atoms with Crippen molar-refractivity contribution < 1.29 is 23.5 Å². The van der Waals surface area contributed by atoms with Crippen molar-refractivity contribution in [1.82, 2.24) is 0 Å². The number of carbonyl (C=O) groups is 3. The van der Waals surface area contributed by atoms with Gasteiger partial charge in [-0.2, -0.15) is 0 Å². The van der Waals surface area contributed by atoms with Gasteiger partial charge >= 0.3 is 0 Å². The number of benzene rings is 3. The van der Waals surface area contributed by atoms with Crippen LogP contribution in [0.15, 0.2) is 72.8 Å². The highest BCUT2D eigenvalue weighted by Gasteiger charge is 2.69. The minimum atomic E-state index is -1.35. The van der Waals surface area contributed by atoms with E-state index in [0.717, 1.165) is 11.3 Å². The van der Waals surface area contributed by atoms with E-state index < -0.39 is 29.2 Å². The highest BCUT2D eigenvalue weighted by atomic mass is 19.1. The summed E-state index contributed by atoms with van der Waals surface area (Å²) in [4.78, 5) is 43.5. The van der Waals surface area contributed by atoms with Gasteiger partial charge in [0.1, 0.15) is 17.0 Å². The summed E-state index contributed by atoms with van der Waals surface area (Å²) in [5.74, 6) is -1.78. The molecule has 3 aromatic carbocycles. The van der Waals surface area contributed by atoms with Crippen LogP contribution in [-0.2, 0) is 15.0 Å². The van der Waals surface area contributed by atoms with Crippen LogP contribution in [-0.4, -0.2) is 36.7 Å². The highest BCUT2D eigenvalue weighted by Crippen LogP contribution is 2.57. The van der Waals surface area contributed by atoms with Crippen LogP contribution < -0.4 is 15.0 Å². The average Bonchev–Trinajstić information content (AvgIpc) is 3.36. The number of nitrogens with one attached hydrogen (secondary N) is 1. The van der Waals surface area contributed by atoms with Crippen molar-refractivity contribution in [3.8, 4) is 5.75 Å². The number of ether oxygens (including phenoxy) is 1. The lowest BCUT2D eigenvalue weighted by Crippen LogP contribution is -2.51. The fraction of sp³-hybridized carbons (Fsp3) is 0.207. The number of Topliss-reactive ketones (excluding diaryl/α,β-unsaturated/α-hetero) is 2. The number of methoxy groups -OCH3 is 1. The number of hydrogen-bond donors (Lipinski definition) is 1. The zero-order chi connectivity index (χ0) is 25.2. The van der Waals surface area contributed by atoms with Crippen LogP contribution in [0.1, 0.15) is 28.4 Å². The number of amides is 1. The lowest BCUT2D eigenvalue weighted by Gasteiger charge is -2.37. The number of hydrogen-bond acceptors (Lipinski definition) is 5. The summed E-state index contributed by atoms with van der Waals surface area (Å²) in [7, 11) is 1.58. The van der Waals surface area contributed by atoms with Crippen molar-refractivity contribution in [3.05, 3.63) is 95.3 Å². The van der Waals surface area contributed by atoms with Crippen LogP contribution in [0.5, 0.6) is 5.75 Å². The Balaban J connectivity index is 1.64. The maximum Gasteiger partial charge on any atom is 0.238 e. The number of nitrogens with zero attached hydrogens (tertiary/aromatic N) is 1. The number of para-hydroxylation sites is 1. The minimum Gasteiger partial charge on any atom is -0.497 e. The van der Waals surface area contributed by atoms with Crippen LogP contribution in [0.4, 0.5) is 15.8 Å². The maximum atomic E-state index is 14.2. The lowest BCUT2D eigenvalue weighted by molar-refractivity contribution is -0.122. The molecule has 3 aliphatic heterocycles. The Morgan fingerprint density at radius 1 is 1.06 bits per heavy atom. The molecular formula is C29H23FN2O4. The van der Waals surface area contributed by atoms with E-state index in [1.54, 1.807) is 19.2 Å². The van der Waals surface area contributed by atoms with Crippen molar-refractivity contribution in [2.75, 3.05) is 17.3 Å². The summed E-state index contributed by atoms with van der Waals surface area (Å²) in [5.41, 5.74) is 1.77. The van der Waals surface area contributed by atoms with Crippen LogP contribution in [0.2, 0.25) is 0 Å². The second-order valence-electron chi connectivity index (χ2n) is 9.41. The molecule has 1 spiro atoms. The molecule has 1 fully saturated rings. The number of rotatable bonds is 4. The molecule has 4 unspecified atom stereocenters. The smallest absolute Gasteiger partial charge is 0.238 e. The summed E-state index contributed by atoms with van der Waals surface area (Å²) in [5, 5.41) is 2.97. The van der Waals surface area contributed by atoms with E-state index in [1.165, 1.54) is 31.2 Å². The van der Waals surface area contributed by atoms with Gasteiger partial charge in [0.05, 0.1) is 25.1 Å². The minimum absolute atomic E-state index is 0.230. The van der Waals surface area contributed by atoms with Crippen molar-refractivity contribution in [2.24, 2.45) is 5.92 Å². The quantitative estimate of drug-likeness (QED) is 0.558. The second-order valence-corrected chi connectivity index (χ2v) is 9.41. The van der Waals surface area contributed by atoms with E-state index in [0.29, 0.717) is 17.0 Å². The molecule has 0 bridgehead atoms. The third-order valence-corrected chi connectivity index (χ3v) is 7.67. The van der Waals surface area contributed by atoms with Gasteiger partial charge in [-0.05, 0) is 61.0 Å². The summed E-state index contributed by atoms with van der Waals surface area (Å²) in [6.07, 6.45) is 3.81. The molecule has 180 valence electrons. The molecule has 4 atom stereocenters. The first-order chi connectivity index (χ1) is 17.4. The molecule has 0 aromatic heterocycles. The van der Waals surface area contributed by atoms with Crippen molar-refractivity contribution in [3.63, 3.8) is 0 Å². The number of fused-ring (bicyclic) bond motifs is 6. The van der Waals surface area contributed by atoms with E-state index in [4.69, 9.17) is 4.74 Å². The van der Waals surface area contributed by atoms with Crippen LogP contribution in [0, 0.1) is 11.7 Å². The van der Waals surface area contributed by atoms with Gasteiger partial charge in [0, 0.05) is 22.5 Å². The van der Waals surface area contributed by atoms with Gasteiger partial charge in [-0.1, -0.05) is 30.4 Å². The van der Waals surface area contributed by atoms with Crippen LogP contribution in [0.25, 0.3) is 6.08 Å². The average molecular weight is 483 g/mol. The Morgan fingerprint density at radius 2 is 1.81 bits per heavy atom. The van der Waals surface area contributed by atoms with Crippen LogP contribution >= 0.6 is 0 Å². The van der Waals surface area contributed by atoms with Gasteiger partial charge in [0.25, 0.3) is 0 Å². The normalized spacial score (nSPS) is 25.2. The first-order valence-corrected chi connectivity index (χ1v) is 11.7. The number of anilines is 2. The van der Waals surface area contributed by atoms with E-state index >= 15 is 0 Å². The van der Waals surface area contributed by atoms with Crippen molar-refractivity contribution >= 4 is 34.9 Å². The molecule has 1 saturated heterocycles. The Kier molecular flexibility index (Phi) is 4.86. The van der Waals surface area contributed by atoms with Gasteiger partial charge in [-0.3, -0.25) is 14.4 Å². The molecule has 3 aromatic rings. The predicted octanol–water partition coefficient (Wildman–Crippen LogP) is 4.40. The van der Waals surface area contributed by atoms with Gasteiger partial charge in [-0.25, -0.2) is 4.39 Å². The monoisotopic (exact) mass is 482 g/mol. The second kappa shape index (κ2) is 7.88. The summed E-state index contributed by atoms with van der Waals surface area (Å²) < 4.78 is 19.1. The zero-order valence-electron chi connectivity index (χ0n) is 19.7. The molecule has 3 heterocycles. The Bertz CT molecular complexity index is 1460. The first kappa shape index (κ1) is 22.2. The van der Waals surface area contributed by atoms with E-state index in [2.05, 4.69) is 5.32 Å². The zero-order valence-corrected chi connectivity index (χ0v) is 19.7. The number of ketones is 2. The molecule has 0 aliphatic carbocycles. The molecule has 6 nitrogen and oxygen atoms in total. The van der Waals surface area contributed by atoms with Gasteiger partial charge in [-0.15, -0.1) is 0 Å². The fourth-order valence-electron chi connectivity index (χ4n) is 6.23. The third kappa shape index (κ3) is 2.86. The Labute approximate surface area is 207 Å². The maximum absolute atomic E-state index is 14.2. The topological polar surface area (TPSA) is 75.7 Å². The molecule has 6 rings (SSSR count). The first-order valence-electron chi connectivity index (χ1n) is 11.7. The number of carbonyl (C=O) groups excluding carboxylic acids is 3. The fourth-order valence-corrected chi connectivity index (χ4v) is 6.23. The third-order valence-electron chi connectivity index (χ3n) is 7.67. The Hall–Kier alpha value is -4.26. The van der Waals surface area contributed by atoms with Crippen molar-refractivity contribution in [1.29, 1.82) is 0 Å². The summed E-state index contributed by atoms with van der Waals surface area (Å²) in [6.45, 7) is 1.45. The van der Waals surface area contributed by atoms with Gasteiger partial charge in [0.15, 0.2) is 11.6 Å². The molecule has 0 saturated carbocycles. The predicted molar refractivity (Wildman–Crippen MR) is 134 cm³/mol. The van der Waals surface area contributed by atoms with Crippen LogP contribution in [0.3, 0.4) is 0 Å². The molecular weight excluding hydrogens is 459 g/mol. The molecule has 1 N–H and O–H groups in total. The summed E-state index contributed by atoms with van der Waals surface area (Å²) >= 11 is 0. The SMILES string of the molecule is COc1ccc2c(c1)C=CC1N2C(C(C)=O)C(C(=O)c2ccc(F)cc2)C12C(=O)Nc1ccccc12. The molecule has 3 aliphatic rings. The van der Waals surface area contributed by atoms with E-state index in [1.807, 2.05) is 47.4 Å². The van der Waals surface area contributed by atoms with Gasteiger partial charge < -0.3 is 15.0 Å². The molecule has 7 heteroatoms. The van der Waals surface area contributed by atoms with E-state index in [-0.39, 0.29) is 23.0 Å². The molecule has 1 amide bonds. The van der Waals surface area contributed by atoms with Gasteiger partial charge in [0.2, 0.25) is 5.91 Å². The summed E-state index contributed by atoms with van der Waals surface area (Å²) in [6, 6.07) is 16.6. The largest absolute Gasteiger partial charge is 0.497 e. The molecule has 0 radical (unpaired) electrons. The van der Waals surface area contributed by atoms with E-state index in [9.17, 15) is 18.8 Å². The molecule has 36 heavy (non-hydrogen) atoms. The number of halogens is 1. The van der Waals surface area contributed by atoms with Crippen molar-refractivity contribution in [2.45, 2.75) is 24.4 Å². The standard InChI is InChI=1S/C29H23FN2O4/c1-16(33)26-25(27(34)17-7-10-19(30)11-8-17)29(21-5-3-4-6-22(21)31-28(29)35)24-14-9-18-15-20(36-2)12-13-23(18)32(24)26/h3-15,24-26H,1-2H3,(H,31,35). The Morgan fingerprint density at radius 3 is 2.53 bits per heavy atom. The highest BCUT2D eigenvalue weighted by molar-refractivity contribution is 6.16.